The molecule has 3 aliphatic rings. The number of hydrogen-bond donors (Lipinski definition) is 0. The number of hydrogen-bond acceptors (Lipinski definition) is 4. The van der Waals surface area contributed by atoms with Gasteiger partial charge in [0.15, 0.2) is 0 Å². The van der Waals surface area contributed by atoms with Gasteiger partial charge >= 0.3 is 0 Å². The number of amides is 2. The topological polar surface area (TPSA) is 49.9 Å². The first-order valence-electron chi connectivity index (χ1n) is 13.3. The summed E-state index contributed by atoms with van der Waals surface area (Å²) in [4.78, 5) is 32.7. The third-order valence-electron chi connectivity index (χ3n) is 7.96. The summed E-state index contributed by atoms with van der Waals surface area (Å²) < 4.78 is 5.88. The smallest absolute Gasteiger partial charge is 0.242 e. The summed E-state index contributed by atoms with van der Waals surface area (Å²) in [6, 6.07) is 17.4. The first kappa shape index (κ1) is 25.9. The minimum atomic E-state index is -0.306. The highest BCUT2D eigenvalue weighted by Gasteiger charge is 2.47. The molecule has 1 aliphatic carbocycles. The van der Waals surface area contributed by atoms with Gasteiger partial charge in [0.1, 0.15) is 0 Å². The Balaban J connectivity index is 1.25. The Kier molecular flexibility index (Phi) is 7.50. The average molecular weight is 570 g/mol. The molecule has 5 nitrogen and oxygen atoms in total. The van der Waals surface area contributed by atoms with Crippen molar-refractivity contribution in [2.45, 2.75) is 43.7 Å². The maximum atomic E-state index is 14.0. The molecule has 4 unspecified atom stereocenters. The number of carbonyl (C=O) groups is 2. The molecule has 0 spiro atoms. The monoisotopic (exact) mass is 568 g/mol. The van der Waals surface area contributed by atoms with Crippen LogP contribution in [0.5, 0.6) is 0 Å². The van der Waals surface area contributed by atoms with Crippen molar-refractivity contribution in [3.63, 3.8) is 0 Å². The number of fused-ring (bicyclic) bond motifs is 1. The van der Waals surface area contributed by atoms with Gasteiger partial charge in [0.2, 0.25) is 11.8 Å². The molecule has 4 atom stereocenters. The molecule has 0 N–H and O–H groups in total. The van der Waals surface area contributed by atoms with Crippen molar-refractivity contribution >= 4 is 46.4 Å². The van der Waals surface area contributed by atoms with Gasteiger partial charge in [-0.25, -0.2) is 0 Å². The predicted molar refractivity (Wildman–Crippen MR) is 151 cm³/mol. The fourth-order valence-corrected chi connectivity index (χ4v) is 7.35. The fourth-order valence-electron chi connectivity index (χ4n) is 5.94. The number of halogens is 2. The average Bonchev–Trinajstić information content (AvgIpc) is 3.28. The zero-order valence-corrected chi connectivity index (χ0v) is 23.4. The van der Waals surface area contributed by atoms with E-state index in [1.165, 1.54) is 10.4 Å². The number of ether oxygens (including phenoxy) is 1. The van der Waals surface area contributed by atoms with Crippen molar-refractivity contribution in [3.05, 3.63) is 91.6 Å². The van der Waals surface area contributed by atoms with Crippen LogP contribution in [0.25, 0.3) is 0 Å². The highest BCUT2D eigenvalue weighted by molar-refractivity contribution is 7.10. The molecule has 0 bridgehead atoms. The van der Waals surface area contributed by atoms with Crippen molar-refractivity contribution in [3.8, 4) is 0 Å². The number of rotatable bonds is 7. The SMILES string of the molecule is O=C(C1CC1c1ccccc1)N(CC(=O)N1CCc2sccc2C1c1ccc(Cl)cc1Cl)CC1CCCO1. The van der Waals surface area contributed by atoms with Gasteiger partial charge in [0.05, 0.1) is 18.7 Å². The standard InChI is InChI=1S/C30H30Cl2N2O3S/c31-20-8-9-22(26(32)15-20)29-23-11-14-38-27(23)10-12-34(29)28(35)18-33(17-21-7-4-13-37-21)30(36)25-16-24(25)19-5-2-1-3-6-19/h1-3,5-6,8-9,11,14-15,21,24-25,29H,4,7,10,12-13,16-18H2. The summed E-state index contributed by atoms with van der Waals surface area (Å²) in [6.45, 7) is 1.78. The second-order valence-electron chi connectivity index (χ2n) is 10.4. The van der Waals surface area contributed by atoms with Gasteiger partial charge < -0.3 is 14.5 Å². The quantitative estimate of drug-likeness (QED) is 0.334. The molecule has 1 aromatic heterocycles. The third kappa shape index (κ3) is 5.24. The van der Waals surface area contributed by atoms with Gasteiger partial charge in [0.25, 0.3) is 0 Å². The van der Waals surface area contributed by atoms with Crippen LogP contribution in [0, 0.1) is 5.92 Å². The van der Waals surface area contributed by atoms with Gasteiger partial charge in [-0.1, -0.05) is 59.6 Å². The molecular weight excluding hydrogens is 539 g/mol. The highest BCUT2D eigenvalue weighted by Crippen LogP contribution is 2.48. The van der Waals surface area contributed by atoms with E-state index in [1.54, 1.807) is 22.3 Å². The van der Waals surface area contributed by atoms with E-state index in [1.807, 2.05) is 35.2 Å². The van der Waals surface area contributed by atoms with Crippen LogP contribution < -0.4 is 0 Å². The van der Waals surface area contributed by atoms with Gasteiger partial charge in [-0.2, -0.15) is 0 Å². The number of thiophene rings is 1. The molecule has 3 aromatic rings. The summed E-state index contributed by atoms with van der Waals surface area (Å²) in [6.07, 6.45) is 3.49. The van der Waals surface area contributed by atoms with Crippen LogP contribution in [0.15, 0.2) is 60.0 Å². The lowest BCUT2D eigenvalue weighted by Crippen LogP contribution is -2.48. The molecule has 8 heteroatoms. The second kappa shape index (κ2) is 11.0. The summed E-state index contributed by atoms with van der Waals surface area (Å²) in [7, 11) is 0. The lowest BCUT2D eigenvalue weighted by atomic mass is 9.93. The van der Waals surface area contributed by atoms with Crippen molar-refractivity contribution in [2.24, 2.45) is 5.92 Å². The van der Waals surface area contributed by atoms with Crippen molar-refractivity contribution in [1.82, 2.24) is 9.80 Å². The van der Waals surface area contributed by atoms with Crippen LogP contribution in [0.1, 0.15) is 52.8 Å². The van der Waals surface area contributed by atoms with E-state index in [4.69, 9.17) is 27.9 Å². The molecule has 0 radical (unpaired) electrons. The molecule has 38 heavy (non-hydrogen) atoms. The number of carbonyl (C=O) groups excluding carboxylic acids is 2. The molecule has 3 heterocycles. The zero-order chi connectivity index (χ0) is 26.2. The van der Waals surface area contributed by atoms with E-state index in [0.717, 1.165) is 36.8 Å². The normalized spacial score (nSPS) is 24.2. The summed E-state index contributed by atoms with van der Waals surface area (Å²) in [5.74, 6) is 0.117. The van der Waals surface area contributed by atoms with Gasteiger partial charge in [-0.3, -0.25) is 9.59 Å². The maximum Gasteiger partial charge on any atom is 0.242 e. The van der Waals surface area contributed by atoms with Crippen LogP contribution in [0.2, 0.25) is 10.0 Å². The Morgan fingerprint density at radius 1 is 1.08 bits per heavy atom. The van der Waals surface area contributed by atoms with E-state index in [9.17, 15) is 9.59 Å². The molecule has 1 saturated carbocycles. The molecule has 2 aliphatic heterocycles. The molecule has 2 aromatic carbocycles. The van der Waals surface area contributed by atoms with Gasteiger partial charge in [-0.15, -0.1) is 11.3 Å². The van der Waals surface area contributed by atoms with E-state index in [0.29, 0.717) is 29.7 Å². The van der Waals surface area contributed by atoms with Crippen molar-refractivity contribution in [1.29, 1.82) is 0 Å². The summed E-state index contributed by atoms with van der Waals surface area (Å²) in [5.41, 5.74) is 3.14. The van der Waals surface area contributed by atoms with Crippen LogP contribution in [-0.2, 0) is 20.7 Å². The lowest BCUT2D eigenvalue weighted by molar-refractivity contribution is -0.143. The Hall–Kier alpha value is -2.38. The predicted octanol–water partition coefficient (Wildman–Crippen LogP) is 6.34. The highest BCUT2D eigenvalue weighted by atomic mass is 35.5. The molecule has 2 fully saturated rings. The fraction of sp³-hybridized carbons (Fsp3) is 0.400. The number of benzene rings is 2. The lowest BCUT2D eigenvalue weighted by Gasteiger charge is -2.38. The van der Waals surface area contributed by atoms with Crippen molar-refractivity contribution in [2.75, 3.05) is 26.2 Å². The Morgan fingerprint density at radius 2 is 1.92 bits per heavy atom. The van der Waals surface area contributed by atoms with Crippen LogP contribution >= 0.6 is 34.5 Å². The minimum Gasteiger partial charge on any atom is -0.376 e. The Labute approximate surface area is 237 Å². The molecule has 6 rings (SSSR count). The van der Waals surface area contributed by atoms with E-state index in [2.05, 4.69) is 23.6 Å². The zero-order valence-electron chi connectivity index (χ0n) is 21.0. The van der Waals surface area contributed by atoms with E-state index >= 15 is 0 Å². The summed E-state index contributed by atoms with van der Waals surface area (Å²) in [5, 5.41) is 3.17. The maximum absolute atomic E-state index is 14.0. The first-order valence-corrected chi connectivity index (χ1v) is 14.9. The Bertz CT molecular complexity index is 1320. The summed E-state index contributed by atoms with van der Waals surface area (Å²) >= 11 is 14.6. The van der Waals surface area contributed by atoms with Crippen LogP contribution in [0.3, 0.4) is 0 Å². The molecular formula is C30H30Cl2N2O3S. The van der Waals surface area contributed by atoms with Gasteiger partial charge in [-0.05, 0) is 71.9 Å². The number of nitrogens with zero attached hydrogens (tertiary/aromatic N) is 2. The third-order valence-corrected chi connectivity index (χ3v) is 9.52. The van der Waals surface area contributed by atoms with Crippen molar-refractivity contribution < 1.29 is 14.3 Å². The second-order valence-corrected chi connectivity index (χ2v) is 12.3. The van der Waals surface area contributed by atoms with E-state index in [-0.39, 0.29) is 42.3 Å². The van der Waals surface area contributed by atoms with Crippen LogP contribution in [0.4, 0.5) is 0 Å². The van der Waals surface area contributed by atoms with Crippen LogP contribution in [-0.4, -0.2) is 54.0 Å². The van der Waals surface area contributed by atoms with Gasteiger partial charge in [0, 0.05) is 40.5 Å². The first-order chi connectivity index (χ1) is 18.5. The van der Waals surface area contributed by atoms with E-state index < -0.39 is 0 Å². The minimum absolute atomic E-state index is 0.0213. The Morgan fingerprint density at radius 3 is 2.68 bits per heavy atom. The molecule has 2 amide bonds. The molecule has 1 saturated heterocycles. The largest absolute Gasteiger partial charge is 0.376 e. The molecule has 198 valence electrons.